The number of aromatic nitrogens is 2. The Labute approximate surface area is 118 Å². The number of H-pyrrole nitrogens is 1. The van der Waals surface area contributed by atoms with Gasteiger partial charge in [-0.1, -0.05) is 18.5 Å². The zero-order valence-corrected chi connectivity index (χ0v) is 12.0. The normalized spacial score (nSPS) is 10.4. The van der Waals surface area contributed by atoms with Crippen LogP contribution in [-0.2, 0) is 6.42 Å². The quantitative estimate of drug-likeness (QED) is 0.903. The molecule has 2 aromatic rings. The molecule has 0 atom stereocenters. The summed E-state index contributed by atoms with van der Waals surface area (Å²) in [7, 11) is 0. The van der Waals surface area contributed by atoms with Crippen molar-refractivity contribution in [2.24, 2.45) is 0 Å². The molecule has 1 amide bonds. The molecule has 1 heterocycles. The van der Waals surface area contributed by atoms with Crippen molar-refractivity contribution < 1.29 is 4.79 Å². The molecule has 94 valence electrons. The predicted molar refractivity (Wildman–Crippen MR) is 75.1 cm³/mol. The minimum absolute atomic E-state index is 0.237. The van der Waals surface area contributed by atoms with Gasteiger partial charge in [-0.15, -0.1) is 0 Å². The summed E-state index contributed by atoms with van der Waals surface area (Å²) in [5, 5.41) is 10.0. The molecule has 0 bridgehead atoms. The predicted octanol–water partition coefficient (Wildman–Crippen LogP) is 3.64. The lowest BCUT2D eigenvalue weighted by Crippen LogP contribution is -2.12. The van der Waals surface area contributed by atoms with Crippen molar-refractivity contribution in [3.05, 3.63) is 45.0 Å². The summed E-state index contributed by atoms with van der Waals surface area (Å²) in [5.41, 5.74) is 1.46. The van der Waals surface area contributed by atoms with E-state index in [1.54, 1.807) is 24.3 Å². The highest BCUT2D eigenvalue weighted by molar-refractivity contribution is 9.10. The first-order chi connectivity index (χ1) is 8.60. The van der Waals surface area contributed by atoms with Crippen LogP contribution in [0.2, 0.25) is 5.02 Å². The highest BCUT2D eigenvalue weighted by Gasteiger charge is 2.09. The first kappa shape index (κ1) is 13.1. The molecule has 0 aliphatic carbocycles. The maximum atomic E-state index is 11.9. The van der Waals surface area contributed by atoms with Gasteiger partial charge in [0.2, 0.25) is 0 Å². The van der Waals surface area contributed by atoms with E-state index in [0.29, 0.717) is 16.4 Å². The van der Waals surface area contributed by atoms with Crippen molar-refractivity contribution in [2.75, 3.05) is 5.32 Å². The molecule has 0 saturated heterocycles. The molecule has 0 aliphatic heterocycles. The third-order valence-electron chi connectivity index (χ3n) is 2.44. The van der Waals surface area contributed by atoms with Crippen LogP contribution in [-0.4, -0.2) is 16.1 Å². The number of halogens is 2. The molecule has 2 rings (SSSR count). The third-order valence-corrected chi connectivity index (χ3v) is 3.67. The summed E-state index contributed by atoms with van der Waals surface area (Å²) in [6, 6.07) is 6.84. The van der Waals surface area contributed by atoms with Gasteiger partial charge < -0.3 is 5.32 Å². The number of nitrogens with one attached hydrogen (secondary N) is 2. The van der Waals surface area contributed by atoms with Gasteiger partial charge in [0.25, 0.3) is 5.91 Å². The van der Waals surface area contributed by atoms with Crippen molar-refractivity contribution in [2.45, 2.75) is 13.3 Å². The van der Waals surface area contributed by atoms with E-state index >= 15 is 0 Å². The zero-order chi connectivity index (χ0) is 13.1. The number of benzene rings is 1. The number of carbonyl (C=O) groups is 1. The molecule has 0 radical (unpaired) electrons. The largest absolute Gasteiger partial charge is 0.305 e. The average Bonchev–Trinajstić information content (AvgIpc) is 2.80. The van der Waals surface area contributed by atoms with Crippen LogP contribution in [0.3, 0.4) is 0 Å². The fourth-order valence-electron chi connectivity index (χ4n) is 1.43. The first-order valence-corrected chi connectivity index (χ1v) is 6.58. The lowest BCUT2D eigenvalue weighted by atomic mass is 10.2. The number of aryl methyl sites for hydroxylation is 1. The molecule has 1 aromatic carbocycles. The van der Waals surface area contributed by atoms with Crippen LogP contribution < -0.4 is 5.32 Å². The summed E-state index contributed by atoms with van der Waals surface area (Å²) in [4.78, 5) is 11.9. The molecule has 18 heavy (non-hydrogen) atoms. The second-order valence-corrected chi connectivity index (χ2v) is 4.98. The summed E-state index contributed by atoms with van der Waals surface area (Å²) in [6.45, 7) is 2.01. The van der Waals surface area contributed by atoms with E-state index in [0.717, 1.165) is 16.6 Å². The molecule has 4 nitrogen and oxygen atoms in total. The van der Waals surface area contributed by atoms with Gasteiger partial charge in [0, 0.05) is 21.8 Å². The van der Waals surface area contributed by atoms with E-state index in [2.05, 4.69) is 31.4 Å². The highest BCUT2D eigenvalue weighted by Crippen LogP contribution is 2.23. The number of nitrogens with zero attached hydrogens (tertiary/aromatic N) is 1. The van der Waals surface area contributed by atoms with Gasteiger partial charge in [0.15, 0.2) is 5.82 Å². The average molecular weight is 329 g/mol. The van der Waals surface area contributed by atoms with Gasteiger partial charge in [-0.25, -0.2) is 0 Å². The number of rotatable bonds is 3. The smallest absolute Gasteiger partial charge is 0.256 e. The van der Waals surface area contributed by atoms with E-state index in [1.165, 1.54) is 0 Å². The van der Waals surface area contributed by atoms with Crippen LogP contribution in [0.5, 0.6) is 0 Å². The Morgan fingerprint density at radius 2 is 2.28 bits per heavy atom. The van der Waals surface area contributed by atoms with Crippen LogP contribution >= 0.6 is 27.5 Å². The van der Waals surface area contributed by atoms with Crippen molar-refractivity contribution in [3.8, 4) is 0 Å². The molecule has 0 saturated carbocycles. The second-order valence-electron chi connectivity index (χ2n) is 3.71. The minimum atomic E-state index is -0.237. The molecule has 0 fully saturated rings. The van der Waals surface area contributed by atoms with Gasteiger partial charge in [0.05, 0.1) is 5.02 Å². The maximum Gasteiger partial charge on any atom is 0.256 e. The van der Waals surface area contributed by atoms with Gasteiger partial charge in [-0.3, -0.25) is 9.89 Å². The molecular formula is C12H11BrClN3O. The first-order valence-electron chi connectivity index (χ1n) is 5.41. The summed E-state index contributed by atoms with van der Waals surface area (Å²) < 4.78 is 0.758. The Bertz CT molecular complexity index is 582. The molecule has 2 N–H and O–H groups in total. The highest BCUT2D eigenvalue weighted by atomic mass is 79.9. The zero-order valence-electron chi connectivity index (χ0n) is 9.63. The van der Waals surface area contributed by atoms with Gasteiger partial charge in [-0.05, 0) is 40.5 Å². The van der Waals surface area contributed by atoms with Gasteiger partial charge >= 0.3 is 0 Å². The number of carbonyl (C=O) groups excluding carboxylic acids is 1. The standard InChI is InChI=1S/C12H11BrClN3O/c1-2-8-6-11(17-16-8)15-12(18)7-3-4-9(13)10(14)5-7/h3-6H,2H2,1H3,(H2,15,16,17,18). The Morgan fingerprint density at radius 1 is 1.50 bits per heavy atom. The summed E-state index contributed by atoms with van der Waals surface area (Å²) in [6.07, 6.45) is 0.840. The molecule has 0 spiro atoms. The van der Waals surface area contributed by atoms with E-state index < -0.39 is 0 Å². The summed E-state index contributed by atoms with van der Waals surface area (Å²) in [5.74, 6) is 0.273. The minimum Gasteiger partial charge on any atom is -0.305 e. The number of anilines is 1. The topological polar surface area (TPSA) is 57.8 Å². The Hall–Kier alpha value is -1.33. The third kappa shape index (κ3) is 2.91. The Balaban J connectivity index is 2.14. The molecular weight excluding hydrogens is 318 g/mol. The van der Waals surface area contributed by atoms with Crippen molar-refractivity contribution in [1.82, 2.24) is 10.2 Å². The van der Waals surface area contributed by atoms with Crippen molar-refractivity contribution in [1.29, 1.82) is 0 Å². The fraction of sp³-hybridized carbons (Fsp3) is 0.167. The van der Waals surface area contributed by atoms with Crippen LogP contribution in [0.4, 0.5) is 5.82 Å². The fourth-order valence-corrected chi connectivity index (χ4v) is 1.86. The van der Waals surface area contributed by atoms with Crippen LogP contribution in [0.1, 0.15) is 23.0 Å². The van der Waals surface area contributed by atoms with E-state index in [-0.39, 0.29) is 5.91 Å². The second kappa shape index (κ2) is 5.54. The number of aromatic amines is 1. The Morgan fingerprint density at radius 3 is 2.89 bits per heavy atom. The number of amides is 1. The van der Waals surface area contributed by atoms with E-state index in [4.69, 9.17) is 11.6 Å². The lowest BCUT2D eigenvalue weighted by Gasteiger charge is -2.03. The monoisotopic (exact) mass is 327 g/mol. The van der Waals surface area contributed by atoms with Crippen molar-refractivity contribution >= 4 is 39.3 Å². The van der Waals surface area contributed by atoms with E-state index in [1.807, 2.05) is 6.92 Å². The Kier molecular flexibility index (Phi) is 4.04. The lowest BCUT2D eigenvalue weighted by molar-refractivity contribution is 0.102. The van der Waals surface area contributed by atoms with Crippen molar-refractivity contribution in [3.63, 3.8) is 0 Å². The summed E-state index contributed by atoms with van der Waals surface area (Å²) >= 11 is 9.22. The molecule has 0 aliphatic rings. The SMILES string of the molecule is CCc1cc(NC(=O)c2ccc(Br)c(Cl)c2)n[nH]1. The van der Waals surface area contributed by atoms with E-state index in [9.17, 15) is 4.79 Å². The molecule has 0 unspecified atom stereocenters. The number of hydrogen-bond acceptors (Lipinski definition) is 2. The van der Waals surface area contributed by atoms with Gasteiger partial charge in [0.1, 0.15) is 0 Å². The van der Waals surface area contributed by atoms with Crippen LogP contribution in [0.25, 0.3) is 0 Å². The maximum absolute atomic E-state index is 11.9. The van der Waals surface area contributed by atoms with Crippen LogP contribution in [0, 0.1) is 0 Å². The number of hydrogen-bond donors (Lipinski definition) is 2. The van der Waals surface area contributed by atoms with Gasteiger partial charge in [-0.2, -0.15) is 5.10 Å². The molecule has 6 heteroatoms. The molecule has 1 aromatic heterocycles. The van der Waals surface area contributed by atoms with Crippen LogP contribution in [0.15, 0.2) is 28.7 Å².